The zero-order valence-corrected chi connectivity index (χ0v) is 13.7. The van der Waals surface area contributed by atoms with E-state index < -0.39 is 0 Å². The Balaban J connectivity index is 2.06. The van der Waals surface area contributed by atoms with Crippen molar-refractivity contribution in [3.8, 4) is 5.75 Å². The number of hydrogen-bond donors (Lipinski definition) is 2. The number of benzene rings is 1. The lowest BCUT2D eigenvalue weighted by atomic mass is 10.2. The summed E-state index contributed by atoms with van der Waals surface area (Å²) in [6.07, 6.45) is 0. The molecule has 1 aromatic heterocycles. The van der Waals surface area contributed by atoms with Gasteiger partial charge in [-0.15, -0.1) is 0 Å². The summed E-state index contributed by atoms with van der Waals surface area (Å²) in [5.41, 5.74) is 1.10. The lowest BCUT2D eigenvalue weighted by Crippen LogP contribution is -2.11. The van der Waals surface area contributed by atoms with E-state index in [9.17, 15) is 0 Å². The van der Waals surface area contributed by atoms with Gasteiger partial charge in [-0.1, -0.05) is 32.0 Å². The fourth-order valence-electron chi connectivity index (χ4n) is 2.09. The molecule has 0 aliphatic heterocycles. The van der Waals surface area contributed by atoms with Gasteiger partial charge in [0.25, 0.3) is 0 Å². The van der Waals surface area contributed by atoms with Crippen molar-refractivity contribution in [3.63, 3.8) is 0 Å². The summed E-state index contributed by atoms with van der Waals surface area (Å²) in [5.74, 6) is 3.85. The van der Waals surface area contributed by atoms with E-state index in [1.807, 2.05) is 37.3 Å². The summed E-state index contributed by atoms with van der Waals surface area (Å²) in [7, 11) is 1.68. The molecule has 22 heavy (non-hydrogen) atoms. The first-order valence-electron chi connectivity index (χ1n) is 7.54. The zero-order valence-electron chi connectivity index (χ0n) is 13.7. The topological polar surface area (TPSA) is 59.1 Å². The molecule has 0 unspecified atom stereocenters. The van der Waals surface area contributed by atoms with E-state index >= 15 is 0 Å². The van der Waals surface area contributed by atoms with Gasteiger partial charge in [-0.05, 0) is 18.9 Å². The fraction of sp³-hybridized carbons (Fsp3) is 0.412. The maximum absolute atomic E-state index is 5.36. The Bertz CT molecular complexity index is 613. The number of anilines is 2. The summed E-state index contributed by atoms with van der Waals surface area (Å²) >= 11 is 0. The van der Waals surface area contributed by atoms with Crippen LogP contribution in [0.1, 0.15) is 25.2 Å². The molecule has 0 saturated heterocycles. The molecule has 0 spiro atoms. The first-order chi connectivity index (χ1) is 10.6. The number of aromatic nitrogens is 2. The SMILES string of the molecule is COc1ccccc1CNc1cc(NCC(C)C)nc(C)n1. The molecule has 0 bridgehead atoms. The van der Waals surface area contributed by atoms with E-state index in [4.69, 9.17) is 4.74 Å². The highest BCUT2D eigenvalue weighted by atomic mass is 16.5. The monoisotopic (exact) mass is 300 g/mol. The molecule has 0 atom stereocenters. The van der Waals surface area contributed by atoms with Crippen LogP contribution in [0.2, 0.25) is 0 Å². The second kappa shape index (κ2) is 7.64. The van der Waals surface area contributed by atoms with Crippen LogP contribution in [-0.2, 0) is 6.54 Å². The number of hydrogen-bond acceptors (Lipinski definition) is 5. The molecule has 0 aliphatic rings. The molecular weight excluding hydrogens is 276 g/mol. The molecule has 5 heteroatoms. The minimum absolute atomic E-state index is 0.570. The van der Waals surface area contributed by atoms with E-state index in [1.54, 1.807) is 7.11 Å². The van der Waals surface area contributed by atoms with Gasteiger partial charge in [0.05, 0.1) is 7.11 Å². The first-order valence-corrected chi connectivity index (χ1v) is 7.54. The van der Waals surface area contributed by atoms with E-state index in [0.29, 0.717) is 12.5 Å². The number of rotatable bonds is 7. The molecule has 1 heterocycles. The van der Waals surface area contributed by atoms with E-state index in [-0.39, 0.29) is 0 Å². The normalized spacial score (nSPS) is 10.6. The summed E-state index contributed by atoms with van der Waals surface area (Å²) in [4.78, 5) is 8.84. The van der Waals surface area contributed by atoms with Gasteiger partial charge >= 0.3 is 0 Å². The smallest absolute Gasteiger partial charge is 0.132 e. The molecule has 0 amide bonds. The lowest BCUT2D eigenvalue weighted by Gasteiger charge is -2.12. The molecule has 0 aliphatic carbocycles. The fourth-order valence-corrected chi connectivity index (χ4v) is 2.09. The van der Waals surface area contributed by atoms with E-state index in [1.165, 1.54) is 0 Å². The number of nitrogens with one attached hydrogen (secondary N) is 2. The van der Waals surface area contributed by atoms with Gasteiger partial charge in [0.1, 0.15) is 23.2 Å². The number of methoxy groups -OCH3 is 1. The molecule has 0 fully saturated rings. The predicted octanol–water partition coefficient (Wildman–Crippen LogP) is 3.47. The second-order valence-electron chi connectivity index (χ2n) is 5.63. The van der Waals surface area contributed by atoms with E-state index in [0.717, 1.165) is 35.3 Å². The quantitative estimate of drug-likeness (QED) is 0.820. The van der Waals surface area contributed by atoms with Crippen LogP contribution in [0.15, 0.2) is 30.3 Å². The summed E-state index contributed by atoms with van der Waals surface area (Å²) in [6.45, 7) is 7.78. The number of para-hydroxylation sites is 1. The lowest BCUT2D eigenvalue weighted by molar-refractivity contribution is 0.410. The molecule has 0 radical (unpaired) electrons. The Morgan fingerprint density at radius 2 is 1.77 bits per heavy atom. The zero-order chi connectivity index (χ0) is 15.9. The van der Waals surface area contributed by atoms with Crippen molar-refractivity contribution >= 4 is 11.6 Å². The Morgan fingerprint density at radius 3 is 2.45 bits per heavy atom. The second-order valence-corrected chi connectivity index (χ2v) is 5.63. The van der Waals surface area contributed by atoms with Crippen molar-refractivity contribution in [3.05, 3.63) is 41.7 Å². The minimum Gasteiger partial charge on any atom is -0.496 e. The van der Waals surface area contributed by atoms with Gasteiger partial charge in [-0.2, -0.15) is 0 Å². The van der Waals surface area contributed by atoms with Crippen molar-refractivity contribution in [2.45, 2.75) is 27.3 Å². The van der Waals surface area contributed by atoms with Crippen LogP contribution in [-0.4, -0.2) is 23.6 Å². The van der Waals surface area contributed by atoms with E-state index in [2.05, 4.69) is 34.4 Å². The Morgan fingerprint density at radius 1 is 1.09 bits per heavy atom. The maximum atomic E-state index is 5.36. The molecule has 0 saturated carbocycles. The van der Waals surface area contributed by atoms with Crippen LogP contribution in [0.25, 0.3) is 0 Å². The predicted molar refractivity (Wildman–Crippen MR) is 90.4 cm³/mol. The van der Waals surface area contributed by atoms with Crippen LogP contribution >= 0.6 is 0 Å². The van der Waals surface area contributed by atoms with Gasteiger partial charge in [0.2, 0.25) is 0 Å². The maximum Gasteiger partial charge on any atom is 0.132 e. The van der Waals surface area contributed by atoms with Crippen LogP contribution in [0, 0.1) is 12.8 Å². The Kier molecular flexibility index (Phi) is 5.58. The van der Waals surface area contributed by atoms with Crippen LogP contribution in [0.5, 0.6) is 5.75 Å². The Hall–Kier alpha value is -2.30. The van der Waals surface area contributed by atoms with Crippen LogP contribution in [0.3, 0.4) is 0 Å². The van der Waals surface area contributed by atoms with Gasteiger partial charge in [0, 0.05) is 24.7 Å². The third kappa shape index (κ3) is 4.62. The van der Waals surface area contributed by atoms with Crippen molar-refractivity contribution in [2.24, 2.45) is 5.92 Å². The molecule has 2 rings (SSSR count). The number of nitrogens with zero attached hydrogens (tertiary/aromatic N) is 2. The van der Waals surface area contributed by atoms with Crippen LogP contribution < -0.4 is 15.4 Å². The van der Waals surface area contributed by atoms with Crippen molar-refractivity contribution in [2.75, 3.05) is 24.3 Å². The van der Waals surface area contributed by atoms with Crippen molar-refractivity contribution in [1.82, 2.24) is 9.97 Å². The highest BCUT2D eigenvalue weighted by Gasteiger charge is 2.05. The number of aryl methyl sites for hydroxylation is 1. The average Bonchev–Trinajstić information content (AvgIpc) is 2.50. The van der Waals surface area contributed by atoms with Gasteiger partial charge in [-0.25, -0.2) is 9.97 Å². The third-order valence-electron chi connectivity index (χ3n) is 3.18. The largest absolute Gasteiger partial charge is 0.496 e. The van der Waals surface area contributed by atoms with Gasteiger partial charge in [0.15, 0.2) is 0 Å². The van der Waals surface area contributed by atoms with Crippen molar-refractivity contribution < 1.29 is 4.74 Å². The third-order valence-corrected chi connectivity index (χ3v) is 3.18. The number of ether oxygens (including phenoxy) is 1. The molecule has 5 nitrogen and oxygen atoms in total. The average molecular weight is 300 g/mol. The summed E-state index contributed by atoms with van der Waals surface area (Å²) < 4.78 is 5.36. The van der Waals surface area contributed by atoms with Gasteiger partial charge in [-0.3, -0.25) is 0 Å². The highest BCUT2D eigenvalue weighted by Crippen LogP contribution is 2.19. The Labute approximate surface area is 132 Å². The molecule has 118 valence electrons. The summed E-state index contributed by atoms with van der Waals surface area (Å²) in [5, 5.41) is 6.66. The van der Waals surface area contributed by atoms with Crippen molar-refractivity contribution in [1.29, 1.82) is 0 Å². The first kappa shape index (κ1) is 16.1. The summed E-state index contributed by atoms with van der Waals surface area (Å²) in [6, 6.07) is 9.89. The molecule has 2 aromatic rings. The van der Waals surface area contributed by atoms with Crippen LogP contribution in [0.4, 0.5) is 11.6 Å². The standard InChI is InChI=1S/C17H24N4O/c1-12(2)10-18-16-9-17(21-13(3)20-16)19-11-14-7-5-6-8-15(14)22-4/h5-9,12H,10-11H2,1-4H3,(H2,18,19,20,21). The van der Waals surface area contributed by atoms with Gasteiger partial charge < -0.3 is 15.4 Å². The molecular formula is C17H24N4O. The molecule has 1 aromatic carbocycles. The highest BCUT2D eigenvalue weighted by molar-refractivity contribution is 5.48. The minimum atomic E-state index is 0.570. The molecule has 2 N–H and O–H groups in total.